The SMILES string of the molecule is CC(=O)c1csc(NC2CCCC2)n1. The van der Waals surface area contributed by atoms with Crippen LogP contribution in [0.1, 0.15) is 43.1 Å². The molecule has 1 heterocycles. The molecular weight excluding hydrogens is 196 g/mol. The Morgan fingerprint density at radius 2 is 2.29 bits per heavy atom. The fourth-order valence-corrected chi connectivity index (χ4v) is 2.57. The number of anilines is 1. The molecule has 1 aromatic heterocycles. The maximum atomic E-state index is 11.0. The number of thiazole rings is 1. The van der Waals surface area contributed by atoms with Crippen LogP contribution in [-0.4, -0.2) is 16.8 Å². The fraction of sp³-hybridized carbons (Fsp3) is 0.600. The summed E-state index contributed by atoms with van der Waals surface area (Å²) in [4.78, 5) is 15.2. The molecule has 0 saturated heterocycles. The number of nitrogens with zero attached hydrogens (tertiary/aromatic N) is 1. The summed E-state index contributed by atoms with van der Waals surface area (Å²) < 4.78 is 0. The summed E-state index contributed by atoms with van der Waals surface area (Å²) in [5.74, 6) is 0.0423. The number of carbonyl (C=O) groups is 1. The first-order chi connectivity index (χ1) is 6.75. The molecule has 14 heavy (non-hydrogen) atoms. The molecule has 4 heteroatoms. The van der Waals surface area contributed by atoms with Crippen molar-refractivity contribution >= 4 is 22.3 Å². The standard InChI is InChI=1S/C10H14N2OS/c1-7(13)9-6-14-10(12-9)11-8-4-2-3-5-8/h6,8H,2-5H2,1H3,(H,11,12). The van der Waals surface area contributed by atoms with Gasteiger partial charge in [0, 0.05) is 18.3 Å². The summed E-state index contributed by atoms with van der Waals surface area (Å²) >= 11 is 1.52. The molecule has 0 spiro atoms. The smallest absolute Gasteiger partial charge is 0.183 e. The molecule has 1 fully saturated rings. The van der Waals surface area contributed by atoms with Crippen molar-refractivity contribution in [2.75, 3.05) is 5.32 Å². The van der Waals surface area contributed by atoms with Gasteiger partial charge in [0.05, 0.1) is 0 Å². The molecule has 0 aliphatic heterocycles. The zero-order valence-electron chi connectivity index (χ0n) is 8.25. The molecule has 0 bridgehead atoms. The first-order valence-corrected chi connectivity index (χ1v) is 5.86. The van der Waals surface area contributed by atoms with E-state index in [0.717, 1.165) is 5.13 Å². The number of hydrogen-bond donors (Lipinski definition) is 1. The molecule has 1 N–H and O–H groups in total. The van der Waals surface area contributed by atoms with Crippen molar-refractivity contribution < 1.29 is 4.79 Å². The number of aromatic nitrogens is 1. The topological polar surface area (TPSA) is 42.0 Å². The van der Waals surface area contributed by atoms with Gasteiger partial charge in [0.2, 0.25) is 0 Å². The van der Waals surface area contributed by atoms with Gasteiger partial charge in [-0.15, -0.1) is 11.3 Å². The number of Topliss-reactive ketones (excluding diaryl/α,β-unsaturated/α-hetero) is 1. The molecule has 1 aliphatic rings. The highest BCUT2D eigenvalue weighted by Gasteiger charge is 2.16. The average Bonchev–Trinajstić information content (AvgIpc) is 2.75. The van der Waals surface area contributed by atoms with Crippen molar-refractivity contribution in [2.45, 2.75) is 38.6 Å². The summed E-state index contributed by atoms with van der Waals surface area (Å²) in [5, 5.41) is 6.08. The lowest BCUT2D eigenvalue weighted by molar-refractivity contribution is 0.101. The summed E-state index contributed by atoms with van der Waals surface area (Å²) in [6.45, 7) is 1.55. The van der Waals surface area contributed by atoms with E-state index in [1.807, 2.05) is 5.38 Å². The lowest BCUT2D eigenvalue weighted by Crippen LogP contribution is -2.14. The van der Waals surface area contributed by atoms with Gasteiger partial charge >= 0.3 is 0 Å². The third-order valence-corrected chi connectivity index (χ3v) is 3.32. The minimum Gasteiger partial charge on any atom is -0.359 e. The molecule has 0 atom stereocenters. The second-order valence-electron chi connectivity index (χ2n) is 3.72. The normalized spacial score (nSPS) is 17.2. The van der Waals surface area contributed by atoms with Gasteiger partial charge in [-0.2, -0.15) is 0 Å². The molecule has 0 unspecified atom stereocenters. The van der Waals surface area contributed by atoms with Crippen LogP contribution in [0, 0.1) is 0 Å². The first kappa shape index (κ1) is 9.65. The maximum absolute atomic E-state index is 11.0. The zero-order chi connectivity index (χ0) is 9.97. The van der Waals surface area contributed by atoms with E-state index >= 15 is 0 Å². The largest absolute Gasteiger partial charge is 0.359 e. The van der Waals surface area contributed by atoms with Crippen molar-refractivity contribution in [3.63, 3.8) is 0 Å². The Hall–Kier alpha value is -0.900. The van der Waals surface area contributed by atoms with Gasteiger partial charge < -0.3 is 5.32 Å². The predicted molar refractivity (Wildman–Crippen MR) is 58.0 cm³/mol. The summed E-state index contributed by atoms with van der Waals surface area (Å²) in [7, 11) is 0. The molecule has 1 aromatic rings. The summed E-state index contributed by atoms with van der Waals surface area (Å²) in [5.41, 5.74) is 0.579. The third-order valence-electron chi connectivity index (χ3n) is 2.55. The van der Waals surface area contributed by atoms with Crippen LogP contribution in [0.2, 0.25) is 0 Å². The molecule has 1 aliphatic carbocycles. The second-order valence-corrected chi connectivity index (χ2v) is 4.58. The Bertz CT molecular complexity index is 329. The van der Waals surface area contributed by atoms with E-state index < -0.39 is 0 Å². The predicted octanol–water partition coefficient (Wildman–Crippen LogP) is 2.70. The molecule has 0 aromatic carbocycles. The molecule has 2 rings (SSSR count). The molecular formula is C10H14N2OS. The molecule has 76 valence electrons. The average molecular weight is 210 g/mol. The van der Waals surface area contributed by atoms with Gasteiger partial charge in [0.1, 0.15) is 5.69 Å². The Morgan fingerprint density at radius 3 is 2.86 bits per heavy atom. The van der Waals surface area contributed by atoms with Crippen LogP contribution < -0.4 is 5.32 Å². The third kappa shape index (κ3) is 2.12. The molecule has 3 nitrogen and oxygen atoms in total. The Kier molecular flexibility index (Phi) is 2.82. The lowest BCUT2D eigenvalue weighted by Gasteiger charge is -2.09. The van der Waals surface area contributed by atoms with Crippen LogP contribution in [0.4, 0.5) is 5.13 Å². The van der Waals surface area contributed by atoms with Crippen molar-refractivity contribution in [3.05, 3.63) is 11.1 Å². The number of hydrogen-bond acceptors (Lipinski definition) is 4. The van der Waals surface area contributed by atoms with Crippen LogP contribution in [0.5, 0.6) is 0 Å². The second kappa shape index (κ2) is 4.09. The van der Waals surface area contributed by atoms with Gasteiger partial charge in [-0.05, 0) is 12.8 Å². The minimum absolute atomic E-state index is 0.0423. The van der Waals surface area contributed by atoms with Crippen LogP contribution in [0.3, 0.4) is 0 Å². The minimum atomic E-state index is 0.0423. The van der Waals surface area contributed by atoms with Gasteiger partial charge in [-0.1, -0.05) is 12.8 Å². The number of ketones is 1. The number of carbonyl (C=O) groups excluding carboxylic acids is 1. The van der Waals surface area contributed by atoms with E-state index in [2.05, 4.69) is 10.3 Å². The van der Waals surface area contributed by atoms with Crippen molar-refractivity contribution in [3.8, 4) is 0 Å². The van der Waals surface area contributed by atoms with E-state index in [4.69, 9.17) is 0 Å². The Balaban J connectivity index is 1.98. The van der Waals surface area contributed by atoms with Gasteiger partial charge in [-0.3, -0.25) is 4.79 Å². The van der Waals surface area contributed by atoms with Gasteiger partial charge in [0.15, 0.2) is 10.9 Å². The molecule has 0 radical (unpaired) electrons. The van der Waals surface area contributed by atoms with Gasteiger partial charge in [0.25, 0.3) is 0 Å². The highest BCUT2D eigenvalue weighted by atomic mass is 32.1. The first-order valence-electron chi connectivity index (χ1n) is 4.99. The van der Waals surface area contributed by atoms with Crippen molar-refractivity contribution in [1.29, 1.82) is 0 Å². The van der Waals surface area contributed by atoms with E-state index in [9.17, 15) is 4.79 Å². The number of rotatable bonds is 3. The highest BCUT2D eigenvalue weighted by molar-refractivity contribution is 7.13. The maximum Gasteiger partial charge on any atom is 0.183 e. The Morgan fingerprint density at radius 1 is 1.57 bits per heavy atom. The van der Waals surface area contributed by atoms with E-state index in [0.29, 0.717) is 11.7 Å². The number of nitrogens with one attached hydrogen (secondary N) is 1. The molecule has 0 amide bonds. The van der Waals surface area contributed by atoms with Crippen LogP contribution >= 0.6 is 11.3 Å². The van der Waals surface area contributed by atoms with Crippen LogP contribution in [-0.2, 0) is 0 Å². The quantitative estimate of drug-likeness (QED) is 0.780. The Labute approximate surface area is 87.6 Å². The van der Waals surface area contributed by atoms with E-state index in [1.54, 1.807) is 6.92 Å². The summed E-state index contributed by atoms with van der Waals surface area (Å²) in [6.07, 6.45) is 5.08. The monoisotopic (exact) mass is 210 g/mol. The van der Waals surface area contributed by atoms with E-state index in [-0.39, 0.29) is 5.78 Å². The zero-order valence-corrected chi connectivity index (χ0v) is 9.06. The lowest BCUT2D eigenvalue weighted by atomic mass is 10.3. The van der Waals surface area contributed by atoms with Crippen molar-refractivity contribution in [2.24, 2.45) is 0 Å². The van der Waals surface area contributed by atoms with E-state index in [1.165, 1.54) is 37.0 Å². The highest BCUT2D eigenvalue weighted by Crippen LogP contribution is 2.24. The molecule has 1 saturated carbocycles. The fourth-order valence-electron chi connectivity index (χ4n) is 1.75. The van der Waals surface area contributed by atoms with Gasteiger partial charge in [-0.25, -0.2) is 4.98 Å². The van der Waals surface area contributed by atoms with Crippen LogP contribution in [0.25, 0.3) is 0 Å². The summed E-state index contributed by atoms with van der Waals surface area (Å²) in [6, 6.07) is 0.570. The van der Waals surface area contributed by atoms with Crippen molar-refractivity contribution in [1.82, 2.24) is 4.98 Å². The van der Waals surface area contributed by atoms with Crippen LogP contribution in [0.15, 0.2) is 5.38 Å².